The van der Waals surface area contributed by atoms with Crippen molar-refractivity contribution in [1.82, 2.24) is 14.1 Å². The molecule has 0 aliphatic carbocycles. The highest BCUT2D eigenvalue weighted by Crippen LogP contribution is 2.31. The lowest BCUT2D eigenvalue weighted by Crippen LogP contribution is -2.22. The van der Waals surface area contributed by atoms with E-state index in [1.54, 1.807) is 12.3 Å². The number of pyridine rings is 1. The van der Waals surface area contributed by atoms with E-state index < -0.39 is 0 Å². The van der Waals surface area contributed by atoms with Gasteiger partial charge in [0.1, 0.15) is 0 Å². The maximum absolute atomic E-state index is 9.50. The summed E-state index contributed by atoms with van der Waals surface area (Å²) in [5.74, 6) is 0. The van der Waals surface area contributed by atoms with Crippen molar-refractivity contribution in [2.75, 3.05) is 0 Å². The second kappa shape index (κ2) is 7.12. The summed E-state index contributed by atoms with van der Waals surface area (Å²) in [6, 6.07) is 21.7. The zero-order chi connectivity index (χ0) is 21.7. The van der Waals surface area contributed by atoms with E-state index in [9.17, 15) is 5.26 Å². The van der Waals surface area contributed by atoms with E-state index in [-0.39, 0.29) is 0 Å². The summed E-state index contributed by atoms with van der Waals surface area (Å²) in [5.41, 5.74) is 7.27. The smallest absolute Gasteiger partial charge is 0.207 e. The van der Waals surface area contributed by atoms with Gasteiger partial charge in [0.25, 0.3) is 0 Å². The van der Waals surface area contributed by atoms with Crippen molar-refractivity contribution in [2.45, 2.75) is 6.92 Å². The van der Waals surface area contributed by atoms with Crippen molar-refractivity contribution in [3.8, 4) is 22.9 Å². The molecule has 6 heteroatoms. The highest BCUT2D eigenvalue weighted by Gasteiger charge is 2.17. The summed E-state index contributed by atoms with van der Waals surface area (Å²) in [6.45, 7) is 1.92. The van der Waals surface area contributed by atoms with Crippen LogP contribution in [0.15, 0.2) is 66.9 Å². The lowest BCUT2D eigenvalue weighted by Gasteiger charge is -2.11. The third-order valence-corrected chi connectivity index (χ3v) is 6.03. The predicted molar refractivity (Wildman–Crippen MR) is 123 cm³/mol. The number of halogens is 1. The molecule has 5 aromatic rings. The molecule has 31 heavy (non-hydrogen) atoms. The Hall–Kier alpha value is -3.88. The van der Waals surface area contributed by atoms with Crippen molar-refractivity contribution in [3.63, 3.8) is 0 Å². The van der Waals surface area contributed by atoms with Gasteiger partial charge >= 0.3 is 0 Å². The Morgan fingerprint density at radius 2 is 1.77 bits per heavy atom. The average molecular weight is 424 g/mol. The minimum Gasteiger partial charge on any atom is -0.312 e. The summed E-state index contributed by atoms with van der Waals surface area (Å²) in [6.07, 6.45) is 1.80. The van der Waals surface area contributed by atoms with Crippen LogP contribution in [0.4, 0.5) is 0 Å². The molecule has 5 nitrogen and oxygen atoms in total. The van der Waals surface area contributed by atoms with Gasteiger partial charge in [0.05, 0.1) is 40.1 Å². The summed E-state index contributed by atoms with van der Waals surface area (Å²) in [5, 5.41) is 19.9. The van der Waals surface area contributed by atoms with Crippen LogP contribution in [0.5, 0.6) is 0 Å². The normalized spacial score (nSPS) is 11.2. The van der Waals surface area contributed by atoms with Crippen LogP contribution in [0.25, 0.3) is 38.8 Å². The molecule has 0 bridgehead atoms. The van der Waals surface area contributed by atoms with Gasteiger partial charge in [-0.3, -0.25) is 15.0 Å². The highest BCUT2D eigenvalue weighted by molar-refractivity contribution is 6.30. The van der Waals surface area contributed by atoms with E-state index in [0.29, 0.717) is 16.2 Å². The molecular weight excluding hydrogens is 406 g/mol. The molecular formula is C25H18ClN5. The molecule has 0 saturated heterocycles. The average Bonchev–Trinajstić information content (AvgIpc) is 3.05. The fourth-order valence-corrected chi connectivity index (χ4v) is 4.19. The number of hydrogen-bond donors (Lipinski definition) is 1. The number of benzene rings is 3. The lowest BCUT2D eigenvalue weighted by molar-refractivity contribution is 0.785. The van der Waals surface area contributed by atoms with Gasteiger partial charge in [-0.1, -0.05) is 35.9 Å². The minimum absolute atomic E-state index is 0.319. The van der Waals surface area contributed by atoms with Crippen molar-refractivity contribution in [2.24, 2.45) is 7.05 Å². The van der Waals surface area contributed by atoms with Crippen LogP contribution in [-0.4, -0.2) is 14.1 Å². The van der Waals surface area contributed by atoms with E-state index in [1.165, 1.54) is 0 Å². The van der Waals surface area contributed by atoms with E-state index >= 15 is 0 Å². The first-order valence-corrected chi connectivity index (χ1v) is 10.2. The van der Waals surface area contributed by atoms with E-state index in [0.717, 1.165) is 44.3 Å². The lowest BCUT2D eigenvalue weighted by atomic mass is 10.0. The second-order valence-corrected chi connectivity index (χ2v) is 7.95. The fourth-order valence-electron chi connectivity index (χ4n) is 4.06. The molecule has 0 aliphatic heterocycles. The van der Waals surface area contributed by atoms with Crippen LogP contribution in [0, 0.1) is 23.7 Å². The Bertz CT molecular complexity index is 1580. The van der Waals surface area contributed by atoms with Gasteiger partial charge in [-0.25, -0.2) is 0 Å². The van der Waals surface area contributed by atoms with Crippen molar-refractivity contribution in [3.05, 3.63) is 88.6 Å². The number of nitriles is 1. The van der Waals surface area contributed by atoms with E-state index in [4.69, 9.17) is 17.0 Å². The summed E-state index contributed by atoms with van der Waals surface area (Å²) >= 11 is 6.06. The molecule has 2 heterocycles. The second-order valence-electron chi connectivity index (χ2n) is 7.51. The largest absolute Gasteiger partial charge is 0.312 e. The van der Waals surface area contributed by atoms with Gasteiger partial charge in [-0.05, 0) is 60.0 Å². The Kier molecular flexibility index (Phi) is 4.39. The van der Waals surface area contributed by atoms with Crippen molar-refractivity contribution >= 4 is 33.5 Å². The Labute approximate surface area is 183 Å². The predicted octanol–water partition coefficient (Wildman–Crippen LogP) is 5.50. The van der Waals surface area contributed by atoms with Crippen LogP contribution in [-0.2, 0) is 7.05 Å². The summed E-state index contributed by atoms with van der Waals surface area (Å²) < 4.78 is 3.72. The van der Waals surface area contributed by atoms with Gasteiger partial charge in [-0.15, -0.1) is 0 Å². The number of nitrogens with zero attached hydrogens (tertiary/aromatic N) is 4. The maximum atomic E-state index is 9.50. The zero-order valence-electron chi connectivity index (χ0n) is 17.0. The maximum Gasteiger partial charge on any atom is 0.207 e. The molecule has 0 radical (unpaired) electrons. The Morgan fingerprint density at radius 3 is 2.52 bits per heavy atom. The molecule has 2 aromatic heterocycles. The molecule has 3 aromatic carbocycles. The third kappa shape index (κ3) is 2.92. The number of aromatic nitrogens is 3. The minimum atomic E-state index is 0.319. The van der Waals surface area contributed by atoms with Crippen LogP contribution in [0.3, 0.4) is 0 Å². The number of imidazole rings is 1. The van der Waals surface area contributed by atoms with E-state index in [1.807, 2.05) is 71.6 Å². The molecule has 150 valence electrons. The topological polar surface area (TPSA) is 70.4 Å². The molecule has 0 fully saturated rings. The van der Waals surface area contributed by atoms with Gasteiger partial charge in [0.2, 0.25) is 5.62 Å². The molecule has 1 N–H and O–H groups in total. The zero-order valence-corrected chi connectivity index (χ0v) is 17.8. The van der Waals surface area contributed by atoms with Crippen LogP contribution < -0.4 is 5.62 Å². The van der Waals surface area contributed by atoms with Gasteiger partial charge in [-0.2, -0.15) is 5.26 Å². The molecule has 0 unspecified atom stereocenters. The molecule has 0 spiro atoms. The van der Waals surface area contributed by atoms with Gasteiger partial charge in [0.15, 0.2) is 0 Å². The first kappa shape index (κ1) is 19.1. The first-order valence-electron chi connectivity index (χ1n) is 9.80. The number of rotatable bonds is 2. The quantitative estimate of drug-likeness (QED) is 0.407. The number of hydrogen-bond acceptors (Lipinski definition) is 3. The fraction of sp³-hybridized carbons (Fsp3) is 0.0800. The monoisotopic (exact) mass is 423 g/mol. The molecule has 5 rings (SSSR count). The van der Waals surface area contributed by atoms with Crippen LogP contribution in [0.1, 0.15) is 11.1 Å². The van der Waals surface area contributed by atoms with Crippen molar-refractivity contribution in [1.29, 1.82) is 10.7 Å². The van der Waals surface area contributed by atoms with Crippen molar-refractivity contribution < 1.29 is 0 Å². The standard InChI is InChI=1S/C25H18ClN5/c1-15-18(13-27)4-3-5-22(15)31-24-20-12-17(16-6-9-19(26)10-7-16)8-11-21(20)29-14-23(24)30(2)25(31)28/h3-12,14,28H,1-2H3. The Morgan fingerprint density at radius 1 is 1.03 bits per heavy atom. The number of nitrogens with one attached hydrogen (secondary N) is 1. The summed E-state index contributed by atoms with van der Waals surface area (Å²) in [7, 11) is 1.86. The van der Waals surface area contributed by atoms with Crippen LogP contribution >= 0.6 is 11.6 Å². The number of fused-ring (bicyclic) bond motifs is 3. The molecule has 0 saturated carbocycles. The summed E-state index contributed by atoms with van der Waals surface area (Å²) in [4.78, 5) is 4.63. The molecule has 0 atom stereocenters. The SMILES string of the molecule is Cc1c(C#N)cccc1-n1c(=N)n(C)c2cnc3ccc(-c4ccc(Cl)cc4)cc3c21. The van der Waals surface area contributed by atoms with Crippen LogP contribution in [0.2, 0.25) is 5.02 Å². The first-order chi connectivity index (χ1) is 15.0. The third-order valence-electron chi connectivity index (χ3n) is 5.78. The van der Waals surface area contributed by atoms with Gasteiger partial charge in [0, 0.05) is 17.5 Å². The number of aryl methyl sites for hydroxylation is 1. The van der Waals surface area contributed by atoms with Gasteiger partial charge < -0.3 is 4.57 Å². The molecule has 0 aliphatic rings. The molecule has 0 amide bonds. The Balaban J connectivity index is 1.90. The highest BCUT2D eigenvalue weighted by atomic mass is 35.5. The van der Waals surface area contributed by atoms with E-state index in [2.05, 4.69) is 17.1 Å².